The zero-order valence-electron chi connectivity index (χ0n) is 10.5. The highest BCUT2D eigenvalue weighted by Gasteiger charge is 2.23. The first-order valence-corrected chi connectivity index (χ1v) is 6.36. The largest absolute Gasteiger partial charge is 0.383 e. The van der Waals surface area contributed by atoms with Crippen LogP contribution in [0, 0.1) is 5.92 Å². The molecule has 1 atom stereocenters. The number of carbonyl (C=O) groups excluding carboxylic acids is 1. The second kappa shape index (κ2) is 8.96. The van der Waals surface area contributed by atoms with Crippen molar-refractivity contribution in [2.45, 2.75) is 18.7 Å². The van der Waals surface area contributed by atoms with E-state index in [4.69, 9.17) is 9.47 Å². The second-order valence-corrected chi connectivity index (χ2v) is 4.94. The normalized spacial score (nSPS) is 12.9. The molecule has 0 aromatic rings. The Morgan fingerprint density at radius 1 is 1.19 bits per heavy atom. The van der Waals surface area contributed by atoms with Gasteiger partial charge in [-0.2, -0.15) is 0 Å². The summed E-state index contributed by atoms with van der Waals surface area (Å²) in [5.41, 5.74) is 0. The zero-order valence-corrected chi connectivity index (χ0v) is 12.1. The van der Waals surface area contributed by atoms with Gasteiger partial charge in [-0.3, -0.25) is 4.79 Å². The van der Waals surface area contributed by atoms with Crippen LogP contribution in [0.25, 0.3) is 0 Å². The Morgan fingerprint density at radius 2 is 1.62 bits per heavy atom. The number of carbonyl (C=O) groups is 1. The number of alkyl halides is 1. The fourth-order valence-electron chi connectivity index (χ4n) is 1.19. The van der Waals surface area contributed by atoms with Crippen LogP contribution in [-0.4, -0.2) is 56.2 Å². The maximum Gasteiger partial charge on any atom is 0.236 e. The van der Waals surface area contributed by atoms with E-state index in [0.29, 0.717) is 26.3 Å². The molecule has 4 nitrogen and oxygen atoms in total. The molecule has 0 rings (SSSR count). The molecule has 0 aromatic carbocycles. The summed E-state index contributed by atoms with van der Waals surface area (Å²) in [5, 5.41) is 0. The molecule has 0 spiro atoms. The second-order valence-electron chi connectivity index (χ2n) is 3.96. The maximum absolute atomic E-state index is 12.1. The average molecular weight is 296 g/mol. The molecule has 0 radical (unpaired) electrons. The smallest absolute Gasteiger partial charge is 0.236 e. The number of halogens is 1. The molecular weight excluding hydrogens is 274 g/mol. The van der Waals surface area contributed by atoms with Gasteiger partial charge in [0, 0.05) is 27.3 Å². The van der Waals surface area contributed by atoms with Gasteiger partial charge in [0.05, 0.1) is 18.0 Å². The van der Waals surface area contributed by atoms with Crippen LogP contribution in [0.2, 0.25) is 0 Å². The molecule has 0 aliphatic rings. The summed E-state index contributed by atoms with van der Waals surface area (Å²) in [6.07, 6.45) is 0. The van der Waals surface area contributed by atoms with E-state index in [1.165, 1.54) is 0 Å². The molecule has 0 fully saturated rings. The van der Waals surface area contributed by atoms with Gasteiger partial charge >= 0.3 is 0 Å². The summed E-state index contributed by atoms with van der Waals surface area (Å²) >= 11 is 3.42. The molecule has 0 aliphatic carbocycles. The molecule has 0 aromatic heterocycles. The molecule has 96 valence electrons. The molecule has 0 saturated heterocycles. The Bertz CT molecular complexity index is 192. The topological polar surface area (TPSA) is 38.8 Å². The summed E-state index contributed by atoms with van der Waals surface area (Å²) in [6, 6.07) is 0. The fraction of sp³-hybridized carbons (Fsp3) is 0.909. The molecule has 0 saturated carbocycles. The van der Waals surface area contributed by atoms with Crippen molar-refractivity contribution in [3.63, 3.8) is 0 Å². The lowest BCUT2D eigenvalue weighted by Crippen LogP contribution is -2.42. The first kappa shape index (κ1) is 15.9. The minimum absolute atomic E-state index is 0.101. The van der Waals surface area contributed by atoms with Gasteiger partial charge in [0.2, 0.25) is 5.91 Å². The van der Waals surface area contributed by atoms with E-state index in [9.17, 15) is 4.79 Å². The predicted octanol–water partition coefficient (Wildman–Crippen LogP) is 1.53. The van der Waals surface area contributed by atoms with Crippen molar-refractivity contribution in [3.8, 4) is 0 Å². The van der Waals surface area contributed by atoms with Crippen molar-refractivity contribution in [2.75, 3.05) is 40.5 Å². The first-order valence-electron chi connectivity index (χ1n) is 5.45. The molecule has 5 heteroatoms. The highest BCUT2D eigenvalue weighted by atomic mass is 79.9. The van der Waals surface area contributed by atoms with Crippen LogP contribution in [-0.2, 0) is 14.3 Å². The van der Waals surface area contributed by atoms with Crippen LogP contribution in [0.4, 0.5) is 0 Å². The number of rotatable bonds is 8. The monoisotopic (exact) mass is 295 g/mol. The van der Waals surface area contributed by atoms with Crippen molar-refractivity contribution >= 4 is 21.8 Å². The van der Waals surface area contributed by atoms with Gasteiger partial charge in [-0.05, 0) is 5.92 Å². The Morgan fingerprint density at radius 3 is 1.94 bits per heavy atom. The fourth-order valence-corrected chi connectivity index (χ4v) is 1.48. The summed E-state index contributed by atoms with van der Waals surface area (Å²) in [5.74, 6) is 0.379. The number of amides is 1. The number of hydrogen-bond donors (Lipinski definition) is 0. The molecule has 0 bridgehead atoms. The van der Waals surface area contributed by atoms with Gasteiger partial charge in [0.1, 0.15) is 0 Å². The Balaban J connectivity index is 4.29. The van der Waals surface area contributed by atoms with Crippen molar-refractivity contribution in [3.05, 3.63) is 0 Å². The third-order valence-electron chi connectivity index (χ3n) is 2.26. The van der Waals surface area contributed by atoms with Gasteiger partial charge in [0.25, 0.3) is 0 Å². The molecule has 0 heterocycles. The highest BCUT2D eigenvalue weighted by Crippen LogP contribution is 2.15. The van der Waals surface area contributed by atoms with E-state index < -0.39 is 0 Å². The Labute approximate surface area is 106 Å². The number of hydrogen-bond acceptors (Lipinski definition) is 3. The quantitative estimate of drug-likeness (QED) is 0.638. The number of ether oxygens (including phenoxy) is 2. The average Bonchev–Trinajstić information content (AvgIpc) is 2.27. The molecule has 16 heavy (non-hydrogen) atoms. The van der Waals surface area contributed by atoms with E-state index in [1.54, 1.807) is 19.1 Å². The SMILES string of the molecule is COCCN(CCOC)C(=O)C(Br)C(C)C. The molecule has 1 unspecified atom stereocenters. The third kappa shape index (κ3) is 5.82. The van der Waals surface area contributed by atoms with Crippen LogP contribution >= 0.6 is 15.9 Å². The molecular formula is C11H22BrNO3. The van der Waals surface area contributed by atoms with E-state index in [1.807, 2.05) is 13.8 Å². The highest BCUT2D eigenvalue weighted by molar-refractivity contribution is 9.10. The van der Waals surface area contributed by atoms with Crippen LogP contribution in [0.15, 0.2) is 0 Å². The minimum atomic E-state index is -0.138. The lowest BCUT2D eigenvalue weighted by atomic mass is 10.1. The summed E-state index contributed by atoms with van der Waals surface area (Å²) in [6.45, 7) is 6.34. The summed E-state index contributed by atoms with van der Waals surface area (Å²) < 4.78 is 9.99. The minimum Gasteiger partial charge on any atom is -0.383 e. The van der Waals surface area contributed by atoms with Crippen molar-refractivity contribution in [1.29, 1.82) is 0 Å². The van der Waals surface area contributed by atoms with E-state index in [2.05, 4.69) is 15.9 Å². The molecule has 0 aliphatic heterocycles. The van der Waals surface area contributed by atoms with Crippen LogP contribution < -0.4 is 0 Å². The Kier molecular flexibility index (Phi) is 8.89. The standard InChI is InChI=1S/C11H22BrNO3/c1-9(2)10(12)11(14)13(5-7-15-3)6-8-16-4/h9-10H,5-8H2,1-4H3. The summed E-state index contributed by atoms with van der Waals surface area (Å²) in [7, 11) is 3.26. The maximum atomic E-state index is 12.1. The summed E-state index contributed by atoms with van der Waals surface area (Å²) in [4.78, 5) is 13.7. The Hall–Kier alpha value is -0.130. The van der Waals surface area contributed by atoms with Gasteiger partial charge in [0.15, 0.2) is 0 Å². The molecule has 0 N–H and O–H groups in total. The first-order chi connectivity index (χ1) is 7.54. The van der Waals surface area contributed by atoms with Gasteiger partial charge in [-0.25, -0.2) is 0 Å². The van der Waals surface area contributed by atoms with E-state index in [-0.39, 0.29) is 16.7 Å². The van der Waals surface area contributed by atoms with Crippen LogP contribution in [0.3, 0.4) is 0 Å². The lowest BCUT2D eigenvalue weighted by molar-refractivity contribution is -0.132. The van der Waals surface area contributed by atoms with Crippen molar-refractivity contribution in [2.24, 2.45) is 5.92 Å². The number of methoxy groups -OCH3 is 2. The third-order valence-corrected chi connectivity index (χ3v) is 3.71. The van der Waals surface area contributed by atoms with E-state index >= 15 is 0 Å². The number of nitrogens with zero attached hydrogens (tertiary/aromatic N) is 1. The van der Waals surface area contributed by atoms with E-state index in [0.717, 1.165) is 0 Å². The van der Waals surface area contributed by atoms with Crippen LogP contribution in [0.1, 0.15) is 13.8 Å². The van der Waals surface area contributed by atoms with Gasteiger partial charge in [-0.1, -0.05) is 29.8 Å². The predicted molar refractivity (Wildman–Crippen MR) is 67.9 cm³/mol. The van der Waals surface area contributed by atoms with Crippen LogP contribution in [0.5, 0.6) is 0 Å². The van der Waals surface area contributed by atoms with Gasteiger partial charge < -0.3 is 14.4 Å². The molecule has 1 amide bonds. The zero-order chi connectivity index (χ0) is 12.6. The lowest BCUT2D eigenvalue weighted by Gasteiger charge is -2.26. The van der Waals surface area contributed by atoms with Crippen molar-refractivity contribution in [1.82, 2.24) is 4.90 Å². The van der Waals surface area contributed by atoms with Crippen molar-refractivity contribution < 1.29 is 14.3 Å². The van der Waals surface area contributed by atoms with Gasteiger partial charge in [-0.15, -0.1) is 0 Å².